The maximum Gasteiger partial charge on any atom is 0.197 e. The van der Waals surface area contributed by atoms with Crippen molar-refractivity contribution in [3.63, 3.8) is 0 Å². The van der Waals surface area contributed by atoms with Gasteiger partial charge in [0.05, 0.1) is 22.1 Å². The predicted molar refractivity (Wildman–Crippen MR) is 183 cm³/mol. The smallest absolute Gasteiger partial charge is 0.197 e. The summed E-state index contributed by atoms with van der Waals surface area (Å²) < 4.78 is 11.2. The lowest BCUT2D eigenvalue weighted by molar-refractivity contribution is 0.662. The minimum atomic E-state index is 0.662. The molecule has 5 nitrogen and oxygen atoms in total. The highest BCUT2D eigenvalue weighted by molar-refractivity contribution is 6.26. The number of hydrogen-bond acceptors (Lipinski definition) is 3. The van der Waals surface area contributed by atoms with Gasteiger partial charge in [0.25, 0.3) is 0 Å². The summed E-state index contributed by atoms with van der Waals surface area (Å²) in [5, 5.41) is 5.74. The van der Waals surface area contributed by atoms with Gasteiger partial charge < -0.3 is 8.98 Å². The van der Waals surface area contributed by atoms with E-state index in [9.17, 15) is 0 Å². The van der Waals surface area contributed by atoms with Gasteiger partial charge in [0, 0.05) is 38.2 Å². The van der Waals surface area contributed by atoms with Gasteiger partial charge in [-0.05, 0) is 42.5 Å². The van der Waals surface area contributed by atoms with Crippen LogP contribution in [0.4, 0.5) is 0 Å². The highest BCUT2D eigenvalue weighted by atomic mass is 16.3. The molecular weight excluding hydrogens is 552 g/mol. The average molecular weight is 577 g/mol. The Hall–Kier alpha value is -6.20. The van der Waals surface area contributed by atoms with E-state index in [1.807, 2.05) is 36.4 Å². The van der Waals surface area contributed by atoms with Gasteiger partial charge in [0.2, 0.25) is 0 Å². The molecule has 0 saturated heterocycles. The summed E-state index contributed by atoms with van der Waals surface area (Å²) in [5.41, 5.74) is 8.82. The van der Waals surface area contributed by atoms with Crippen molar-refractivity contribution in [3.8, 4) is 22.9 Å². The summed E-state index contributed by atoms with van der Waals surface area (Å²) >= 11 is 0. The molecule has 0 fully saturated rings. The lowest BCUT2D eigenvalue weighted by Gasteiger charge is -2.11. The largest absolute Gasteiger partial charge is 0.450 e. The fourth-order valence-corrected chi connectivity index (χ4v) is 7.03. The zero-order chi connectivity index (χ0) is 29.5. The minimum absolute atomic E-state index is 0.662. The van der Waals surface area contributed by atoms with Crippen LogP contribution in [0, 0.1) is 0 Å². The van der Waals surface area contributed by atoms with Gasteiger partial charge in [-0.3, -0.25) is 4.57 Å². The van der Waals surface area contributed by atoms with E-state index in [4.69, 9.17) is 14.4 Å². The Balaban J connectivity index is 1.42. The Kier molecular flexibility index (Phi) is 4.93. The molecule has 6 aromatic carbocycles. The zero-order valence-corrected chi connectivity index (χ0v) is 24.1. The second-order valence-corrected chi connectivity index (χ2v) is 11.4. The van der Waals surface area contributed by atoms with Crippen LogP contribution in [0.1, 0.15) is 0 Å². The van der Waals surface area contributed by atoms with E-state index in [1.165, 1.54) is 27.2 Å². The van der Waals surface area contributed by atoms with Crippen molar-refractivity contribution >= 4 is 65.7 Å². The zero-order valence-electron chi connectivity index (χ0n) is 24.1. The number of para-hydroxylation sites is 4. The maximum absolute atomic E-state index is 6.57. The molecule has 0 spiro atoms. The van der Waals surface area contributed by atoms with Crippen LogP contribution >= 0.6 is 0 Å². The Morgan fingerprint density at radius 1 is 0.467 bits per heavy atom. The number of furan rings is 1. The first kappa shape index (κ1) is 24.3. The highest BCUT2D eigenvalue weighted by Crippen LogP contribution is 2.43. The normalized spacial score (nSPS) is 12.0. The molecule has 4 heterocycles. The molecular formula is C40H24N4O. The number of aromatic nitrogens is 4. The van der Waals surface area contributed by atoms with E-state index in [1.54, 1.807) is 0 Å². The van der Waals surface area contributed by atoms with Gasteiger partial charge in [0.15, 0.2) is 17.2 Å². The monoisotopic (exact) mass is 576 g/mol. The third-order valence-corrected chi connectivity index (χ3v) is 8.93. The SMILES string of the molecule is c1ccc(-c2nc(-n3c4ccccc4c4c3ccc3c5ccccc5n(-c5ccccc5)c34)c3oc4ccccc4c3n2)cc1. The number of rotatable bonds is 3. The summed E-state index contributed by atoms with van der Waals surface area (Å²) in [6, 6.07) is 50.7. The molecule has 5 heteroatoms. The predicted octanol–water partition coefficient (Wildman–Crippen LogP) is 10.2. The van der Waals surface area contributed by atoms with Crippen molar-refractivity contribution < 1.29 is 4.42 Å². The van der Waals surface area contributed by atoms with Crippen molar-refractivity contribution in [2.24, 2.45) is 0 Å². The molecule has 0 unspecified atom stereocenters. The van der Waals surface area contributed by atoms with Gasteiger partial charge >= 0.3 is 0 Å². The van der Waals surface area contributed by atoms with Crippen molar-refractivity contribution in [1.82, 2.24) is 19.1 Å². The molecule has 4 aromatic heterocycles. The Labute approximate surface area is 257 Å². The Morgan fingerprint density at radius 2 is 1.11 bits per heavy atom. The lowest BCUT2D eigenvalue weighted by atomic mass is 10.1. The third kappa shape index (κ3) is 3.38. The van der Waals surface area contributed by atoms with Crippen molar-refractivity contribution in [1.29, 1.82) is 0 Å². The maximum atomic E-state index is 6.57. The van der Waals surface area contributed by atoms with E-state index < -0.39 is 0 Å². The van der Waals surface area contributed by atoms with Gasteiger partial charge in [-0.1, -0.05) is 103 Å². The van der Waals surface area contributed by atoms with Crippen LogP contribution < -0.4 is 0 Å². The molecule has 10 rings (SSSR count). The Bertz CT molecular complexity index is 2750. The molecule has 45 heavy (non-hydrogen) atoms. The molecule has 0 aliphatic carbocycles. The molecule has 0 amide bonds. The first-order valence-electron chi connectivity index (χ1n) is 15.1. The molecule has 0 radical (unpaired) electrons. The van der Waals surface area contributed by atoms with Crippen LogP contribution in [0.25, 0.3) is 88.6 Å². The molecule has 10 aromatic rings. The van der Waals surface area contributed by atoms with Gasteiger partial charge in [-0.15, -0.1) is 0 Å². The summed E-state index contributed by atoms with van der Waals surface area (Å²) in [5.74, 6) is 1.39. The first-order valence-corrected chi connectivity index (χ1v) is 15.1. The van der Waals surface area contributed by atoms with Crippen LogP contribution in [0.2, 0.25) is 0 Å². The van der Waals surface area contributed by atoms with Crippen LogP contribution in [0.15, 0.2) is 150 Å². The number of hydrogen-bond donors (Lipinski definition) is 0. The molecule has 0 atom stereocenters. The lowest BCUT2D eigenvalue weighted by Crippen LogP contribution is -2.01. The van der Waals surface area contributed by atoms with Gasteiger partial charge in [-0.2, -0.15) is 0 Å². The van der Waals surface area contributed by atoms with E-state index in [-0.39, 0.29) is 0 Å². The second kappa shape index (κ2) is 9.15. The molecule has 0 aliphatic heterocycles. The second-order valence-electron chi connectivity index (χ2n) is 11.4. The van der Waals surface area contributed by atoms with Crippen LogP contribution in [0.3, 0.4) is 0 Å². The van der Waals surface area contributed by atoms with Crippen molar-refractivity contribution in [3.05, 3.63) is 146 Å². The van der Waals surface area contributed by atoms with Crippen molar-refractivity contribution in [2.75, 3.05) is 0 Å². The van der Waals surface area contributed by atoms with Crippen LogP contribution in [-0.4, -0.2) is 19.1 Å². The molecule has 0 saturated carbocycles. The highest BCUT2D eigenvalue weighted by Gasteiger charge is 2.24. The molecule has 0 aliphatic rings. The summed E-state index contributed by atoms with van der Waals surface area (Å²) in [4.78, 5) is 10.3. The van der Waals surface area contributed by atoms with Crippen LogP contribution in [0.5, 0.6) is 0 Å². The van der Waals surface area contributed by atoms with E-state index in [2.05, 4.69) is 118 Å². The van der Waals surface area contributed by atoms with E-state index >= 15 is 0 Å². The molecule has 210 valence electrons. The van der Waals surface area contributed by atoms with Crippen LogP contribution in [-0.2, 0) is 0 Å². The van der Waals surface area contributed by atoms with Gasteiger partial charge in [-0.25, -0.2) is 9.97 Å². The minimum Gasteiger partial charge on any atom is -0.450 e. The fraction of sp³-hybridized carbons (Fsp3) is 0. The van der Waals surface area contributed by atoms with Crippen molar-refractivity contribution in [2.45, 2.75) is 0 Å². The van der Waals surface area contributed by atoms with E-state index in [0.717, 1.165) is 50.0 Å². The quantitative estimate of drug-likeness (QED) is 0.210. The fourth-order valence-electron chi connectivity index (χ4n) is 7.03. The molecule has 0 N–H and O–H groups in total. The molecule has 0 bridgehead atoms. The topological polar surface area (TPSA) is 48.8 Å². The number of nitrogens with zero attached hydrogens (tertiary/aromatic N) is 4. The van der Waals surface area contributed by atoms with E-state index in [0.29, 0.717) is 11.4 Å². The average Bonchev–Trinajstić information content (AvgIpc) is 3.76. The number of benzene rings is 6. The van der Waals surface area contributed by atoms with Gasteiger partial charge in [0.1, 0.15) is 11.1 Å². The standard InChI is InChI=1S/C40H24N4O/c1-3-13-25(14-4-1)39-41-36-30-19-9-12-22-34(30)45-38(36)40(42-39)44-32-21-11-8-18-29(32)35-33(44)24-23-28-27-17-7-10-20-31(27)43(37(28)35)26-15-5-2-6-16-26/h1-24H. The first-order chi connectivity index (χ1) is 22.3. The summed E-state index contributed by atoms with van der Waals surface area (Å²) in [6.45, 7) is 0. The Morgan fingerprint density at radius 3 is 1.91 bits per heavy atom. The third-order valence-electron chi connectivity index (χ3n) is 8.93. The summed E-state index contributed by atoms with van der Waals surface area (Å²) in [6.07, 6.45) is 0. The number of fused-ring (bicyclic) bond motifs is 10. The summed E-state index contributed by atoms with van der Waals surface area (Å²) in [7, 11) is 0.